The number of nitrogens with one attached hydrogen (secondary N) is 1. The normalized spacial score (nSPS) is 10.6. The van der Waals surface area contributed by atoms with E-state index in [0.717, 1.165) is 11.1 Å². The van der Waals surface area contributed by atoms with Crippen molar-refractivity contribution in [1.29, 1.82) is 0 Å². The molecule has 4 rings (SSSR count). The van der Waals surface area contributed by atoms with Crippen molar-refractivity contribution in [2.45, 2.75) is 17.5 Å². The number of hydrogen-bond donors (Lipinski definition) is 1. The summed E-state index contributed by atoms with van der Waals surface area (Å²) < 4.78 is 5.66. The van der Waals surface area contributed by atoms with Gasteiger partial charge in [0, 0.05) is 35.6 Å². The predicted molar refractivity (Wildman–Crippen MR) is 120 cm³/mol. The molecule has 0 saturated carbocycles. The standard InChI is InChI=1S/C23H18N4O4S/c28-21(24-14-16-7-3-1-4-8-16)19-11-17(12-20(13-19)27(29)30)15-32-23-26-25-22(31-23)18-9-5-2-6-10-18/h1-13H,14-15H2,(H,24,28). The van der Waals surface area contributed by atoms with E-state index in [-0.39, 0.29) is 17.2 Å². The molecule has 1 heterocycles. The molecule has 0 radical (unpaired) electrons. The van der Waals surface area contributed by atoms with Crippen LogP contribution < -0.4 is 5.32 Å². The summed E-state index contributed by atoms with van der Waals surface area (Å²) in [5.41, 5.74) is 2.42. The first-order chi connectivity index (χ1) is 15.6. The molecule has 3 aromatic carbocycles. The molecule has 32 heavy (non-hydrogen) atoms. The highest BCUT2D eigenvalue weighted by atomic mass is 32.2. The monoisotopic (exact) mass is 446 g/mol. The Hall–Kier alpha value is -3.98. The van der Waals surface area contributed by atoms with Crippen LogP contribution >= 0.6 is 11.8 Å². The van der Waals surface area contributed by atoms with Crippen LogP contribution in [0.25, 0.3) is 11.5 Å². The molecule has 0 fully saturated rings. The minimum Gasteiger partial charge on any atom is -0.411 e. The molecule has 0 atom stereocenters. The van der Waals surface area contributed by atoms with Gasteiger partial charge in [0.15, 0.2) is 0 Å². The van der Waals surface area contributed by atoms with Crippen molar-refractivity contribution < 1.29 is 14.1 Å². The number of rotatable bonds is 8. The molecule has 9 heteroatoms. The molecule has 0 saturated heterocycles. The van der Waals surface area contributed by atoms with Crippen LogP contribution in [-0.2, 0) is 12.3 Å². The predicted octanol–water partition coefficient (Wildman–Crippen LogP) is 4.87. The minimum absolute atomic E-state index is 0.150. The molecule has 0 aliphatic rings. The minimum atomic E-state index is -0.512. The first-order valence-electron chi connectivity index (χ1n) is 9.71. The lowest BCUT2D eigenvalue weighted by Gasteiger charge is -2.07. The number of benzene rings is 3. The van der Waals surface area contributed by atoms with E-state index in [2.05, 4.69) is 15.5 Å². The Labute approximate surface area is 187 Å². The Balaban J connectivity index is 1.46. The summed E-state index contributed by atoms with van der Waals surface area (Å²) in [6.07, 6.45) is 0. The van der Waals surface area contributed by atoms with Crippen LogP contribution in [0.5, 0.6) is 0 Å². The average molecular weight is 446 g/mol. The average Bonchev–Trinajstić information content (AvgIpc) is 3.31. The summed E-state index contributed by atoms with van der Waals surface area (Å²) in [5.74, 6) is 0.345. The van der Waals surface area contributed by atoms with Gasteiger partial charge in [-0.3, -0.25) is 14.9 Å². The van der Waals surface area contributed by atoms with E-state index in [4.69, 9.17) is 4.42 Å². The third-order valence-electron chi connectivity index (χ3n) is 4.54. The Morgan fingerprint density at radius 2 is 1.69 bits per heavy atom. The maximum Gasteiger partial charge on any atom is 0.277 e. The van der Waals surface area contributed by atoms with Crippen molar-refractivity contribution >= 4 is 23.4 Å². The molecular weight excluding hydrogens is 428 g/mol. The zero-order valence-electron chi connectivity index (χ0n) is 16.8. The summed E-state index contributed by atoms with van der Waals surface area (Å²) >= 11 is 1.25. The van der Waals surface area contributed by atoms with Crippen molar-refractivity contribution in [2.24, 2.45) is 0 Å². The van der Waals surface area contributed by atoms with Crippen LogP contribution in [0.15, 0.2) is 88.5 Å². The Morgan fingerprint density at radius 1 is 0.969 bits per heavy atom. The summed E-state index contributed by atoms with van der Waals surface area (Å²) in [4.78, 5) is 23.5. The molecule has 1 amide bonds. The van der Waals surface area contributed by atoms with Gasteiger partial charge in [0.05, 0.1) is 4.92 Å². The van der Waals surface area contributed by atoms with Crippen molar-refractivity contribution in [3.8, 4) is 11.5 Å². The van der Waals surface area contributed by atoms with Crippen LogP contribution in [0.4, 0.5) is 5.69 Å². The molecular formula is C23H18N4O4S. The number of nitrogens with zero attached hydrogens (tertiary/aromatic N) is 3. The van der Waals surface area contributed by atoms with Gasteiger partial charge in [-0.2, -0.15) is 0 Å². The van der Waals surface area contributed by atoms with Gasteiger partial charge in [0.2, 0.25) is 5.89 Å². The molecule has 160 valence electrons. The summed E-state index contributed by atoms with van der Waals surface area (Å²) in [5, 5.41) is 22.6. The number of carbonyl (C=O) groups is 1. The van der Waals surface area contributed by atoms with E-state index < -0.39 is 4.92 Å². The molecule has 1 aromatic heterocycles. The second-order valence-electron chi connectivity index (χ2n) is 6.84. The number of nitro groups is 1. The lowest BCUT2D eigenvalue weighted by molar-refractivity contribution is -0.384. The van der Waals surface area contributed by atoms with E-state index in [9.17, 15) is 14.9 Å². The number of non-ortho nitro benzene ring substituents is 1. The van der Waals surface area contributed by atoms with Gasteiger partial charge in [-0.15, -0.1) is 10.2 Å². The van der Waals surface area contributed by atoms with Gasteiger partial charge in [0.25, 0.3) is 16.8 Å². The van der Waals surface area contributed by atoms with Gasteiger partial charge in [-0.25, -0.2) is 0 Å². The largest absolute Gasteiger partial charge is 0.411 e. The fourth-order valence-electron chi connectivity index (χ4n) is 2.98. The van der Waals surface area contributed by atoms with Crippen molar-refractivity contribution in [1.82, 2.24) is 15.5 Å². The summed E-state index contributed by atoms with van der Waals surface area (Å²) in [6, 6.07) is 23.2. The number of aromatic nitrogens is 2. The zero-order valence-corrected chi connectivity index (χ0v) is 17.6. The van der Waals surface area contributed by atoms with Crippen molar-refractivity contribution in [3.05, 3.63) is 106 Å². The van der Waals surface area contributed by atoms with Crippen LogP contribution in [0, 0.1) is 10.1 Å². The molecule has 0 aliphatic carbocycles. The third-order valence-corrected chi connectivity index (χ3v) is 5.43. The van der Waals surface area contributed by atoms with Gasteiger partial charge in [-0.05, 0) is 29.3 Å². The molecule has 1 N–H and O–H groups in total. The quantitative estimate of drug-likeness (QED) is 0.233. The second kappa shape index (κ2) is 9.88. The SMILES string of the molecule is O=C(NCc1ccccc1)c1cc(CSc2nnc(-c3ccccc3)o2)cc([N+](=O)[O-])c1. The number of carbonyl (C=O) groups excluding carboxylic acids is 1. The Kier molecular flexibility index (Phi) is 6.57. The van der Waals surface area contributed by atoms with Gasteiger partial charge in [0.1, 0.15) is 0 Å². The summed E-state index contributed by atoms with van der Waals surface area (Å²) in [7, 11) is 0. The third kappa shape index (κ3) is 5.38. The van der Waals surface area contributed by atoms with E-state index in [1.165, 1.54) is 23.9 Å². The first kappa shape index (κ1) is 21.3. The van der Waals surface area contributed by atoms with E-state index >= 15 is 0 Å². The fraction of sp³-hybridized carbons (Fsp3) is 0.0870. The van der Waals surface area contributed by atoms with Crippen LogP contribution in [-0.4, -0.2) is 21.0 Å². The van der Waals surface area contributed by atoms with E-state index in [1.807, 2.05) is 60.7 Å². The second-order valence-corrected chi connectivity index (χ2v) is 7.77. The van der Waals surface area contributed by atoms with Crippen molar-refractivity contribution in [2.75, 3.05) is 0 Å². The topological polar surface area (TPSA) is 111 Å². The maximum atomic E-state index is 12.6. The highest BCUT2D eigenvalue weighted by Gasteiger charge is 2.16. The number of thioether (sulfide) groups is 1. The van der Waals surface area contributed by atoms with Crippen LogP contribution in [0.2, 0.25) is 0 Å². The lowest BCUT2D eigenvalue weighted by Crippen LogP contribution is -2.23. The Bertz CT molecular complexity index is 1230. The number of hydrogen-bond acceptors (Lipinski definition) is 7. The smallest absolute Gasteiger partial charge is 0.277 e. The molecule has 4 aromatic rings. The molecule has 0 aliphatic heterocycles. The first-order valence-corrected chi connectivity index (χ1v) is 10.7. The van der Waals surface area contributed by atoms with Crippen molar-refractivity contribution in [3.63, 3.8) is 0 Å². The van der Waals surface area contributed by atoms with Gasteiger partial charge in [-0.1, -0.05) is 60.3 Å². The van der Waals surface area contributed by atoms with E-state index in [0.29, 0.717) is 29.0 Å². The highest BCUT2D eigenvalue weighted by Crippen LogP contribution is 2.27. The molecule has 8 nitrogen and oxygen atoms in total. The molecule has 0 unspecified atom stereocenters. The van der Waals surface area contributed by atoms with Gasteiger partial charge >= 0.3 is 0 Å². The number of nitro benzene ring substituents is 1. The van der Waals surface area contributed by atoms with E-state index in [1.54, 1.807) is 6.07 Å². The van der Waals surface area contributed by atoms with Gasteiger partial charge < -0.3 is 9.73 Å². The highest BCUT2D eigenvalue weighted by molar-refractivity contribution is 7.98. The maximum absolute atomic E-state index is 12.6. The lowest BCUT2D eigenvalue weighted by atomic mass is 10.1. The van der Waals surface area contributed by atoms with Crippen LogP contribution in [0.1, 0.15) is 21.5 Å². The molecule has 0 bridgehead atoms. The fourth-order valence-corrected chi connectivity index (χ4v) is 3.68. The van der Waals surface area contributed by atoms with Crippen LogP contribution in [0.3, 0.4) is 0 Å². The summed E-state index contributed by atoms with van der Waals surface area (Å²) in [6.45, 7) is 0.330. The zero-order chi connectivity index (χ0) is 22.3. The Morgan fingerprint density at radius 3 is 2.41 bits per heavy atom. The number of amides is 1. The molecule has 0 spiro atoms.